The maximum Gasteiger partial charge on any atom is 0.251 e. The highest BCUT2D eigenvalue weighted by molar-refractivity contribution is 6.01. The smallest absolute Gasteiger partial charge is 0.251 e. The van der Waals surface area contributed by atoms with Gasteiger partial charge in [-0.15, -0.1) is 0 Å². The van der Waals surface area contributed by atoms with E-state index in [2.05, 4.69) is 32.4 Å². The first kappa shape index (κ1) is 22.7. The van der Waals surface area contributed by atoms with Crippen LogP contribution >= 0.6 is 0 Å². The summed E-state index contributed by atoms with van der Waals surface area (Å²) in [5, 5.41) is 11.9. The van der Waals surface area contributed by atoms with Crippen LogP contribution in [0.1, 0.15) is 47.8 Å². The maximum atomic E-state index is 13.4. The molecule has 1 saturated carbocycles. The number of ether oxygens (including phenoxy) is 1. The van der Waals surface area contributed by atoms with Crippen molar-refractivity contribution in [2.75, 3.05) is 20.1 Å². The van der Waals surface area contributed by atoms with Gasteiger partial charge in [-0.05, 0) is 80.4 Å². The molecule has 6 rings (SSSR count). The molecule has 1 aliphatic heterocycles. The van der Waals surface area contributed by atoms with Crippen molar-refractivity contribution in [3.05, 3.63) is 78.1 Å². The Hall–Kier alpha value is -3.71. The summed E-state index contributed by atoms with van der Waals surface area (Å²) in [5.74, 6) is 1.20. The van der Waals surface area contributed by atoms with Crippen LogP contribution in [0.15, 0.2) is 66.9 Å². The summed E-state index contributed by atoms with van der Waals surface area (Å²) in [7, 11) is 2.09. The number of benzene rings is 2. The highest BCUT2D eigenvalue weighted by Crippen LogP contribution is 2.35. The van der Waals surface area contributed by atoms with E-state index in [0.717, 1.165) is 59.5 Å². The summed E-state index contributed by atoms with van der Waals surface area (Å²) in [6, 6.07) is 19.6. The molecule has 7 nitrogen and oxygen atoms in total. The first-order valence-electron chi connectivity index (χ1n) is 12.8. The van der Waals surface area contributed by atoms with Gasteiger partial charge in [0.15, 0.2) is 0 Å². The van der Waals surface area contributed by atoms with Crippen molar-refractivity contribution in [3.63, 3.8) is 0 Å². The summed E-state index contributed by atoms with van der Waals surface area (Å²) >= 11 is 0. The van der Waals surface area contributed by atoms with Gasteiger partial charge in [0.1, 0.15) is 11.9 Å². The molecule has 2 fully saturated rings. The van der Waals surface area contributed by atoms with Crippen LogP contribution in [-0.4, -0.2) is 52.2 Å². The fourth-order valence-corrected chi connectivity index (χ4v) is 5.48. The molecule has 184 valence electrons. The van der Waals surface area contributed by atoms with Crippen LogP contribution in [0.4, 0.5) is 0 Å². The first-order valence-corrected chi connectivity index (χ1v) is 12.8. The molecule has 1 atom stereocenters. The van der Waals surface area contributed by atoms with E-state index in [1.54, 1.807) is 6.20 Å². The van der Waals surface area contributed by atoms with Crippen molar-refractivity contribution in [1.82, 2.24) is 25.4 Å². The van der Waals surface area contributed by atoms with E-state index < -0.39 is 0 Å². The van der Waals surface area contributed by atoms with E-state index in [1.807, 2.05) is 60.7 Å². The molecule has 36 heavy (non-hydrogen) atoms. The lowest BCUT2D eigenvalue weighted by molar-refractivity contribution is 0.0388. The monoisotopic (exact) mass is 481 g/mol. The van der Waals surface area contributed by atoms with E-state index in [4.69, 9.17) is 4.74 Å². The minimum absolute atomic E-state index is 0.0799. The number of nitrogens with one attached hydrogen (secondary N) is 2. The Kier molecular flexibility index (Phi) is 6.15. The summed E-state index contributed by atoms with van der Waals surface area (Å²) in [5.41, 5.74) is 4.26. The van der Waals surface area contributed by atoms with E-state index in [0.29, 0.717) is 11.5 Å². The van der Waals surface area contributed by atoms with Crippen LogP contribution in [0.25, 0.3) is 22.2 Å². The summed E-state index contributed by atoms with van der Waals surface area (Å²) in [6.45, 7) is 1.91. The number of amides is 1. The van der Waals surface area contributed by atoms with E-state index >= 15 is 0 Å². The van der Waals surface area contributed by atoms with Crippen LogP contribution < -0.4 is 10.1 Å². The lowest BCUT2D eigenvalue weighted by Gasteiger charge is -2.36. The number of pyridine rings is 1. The Balaban J connectivity index is 1.23. The number of likely N-dealkylation sites (N-methyl/N-ethyl adjacent to an activating group) is 1. The van der Waals surface area contributed by atoms with Crippen LogP contribution in [-0.2, 0) is 0 Å². The zero-order valence-corrected chi connectivity index (χ0v) is 20.5. The fourth-order valence-electron chi connectivity index (χ4n) is 5.48. The second-order valence-corrected chi connectivity index (χ2v) is 10.1. The molecule has 2 aliphatic rings. The zero-order chi connectivity index (χ0) is 24.5. The number of rotatable bonds is 7. The molecule has 4 aromatic rings. The van der Waals surface area contributed by atoms with Crippen molar-refractivity contribution in [1.29, 1.82) is 0 Å². The molecule has 1 aliphatic carbocycles. The zero-order valence-electron chi connectivity index (χ0n) is 20.5. The minimum atomic E-state index is -0.0826. The largest absolute Gasteiger partial charge is 0.488 e. The standard InChI is InChI=1S/C29H31N5O2/c1-34-17-23(18-34)36-22-12-9-20(10-13-22)27-24-16-21(11-14-25(24)32-33-27)29(35)31-28(19-6-2-3-7-19)26-8-4-5-15-30-26/h4-5,8-16,19,23,28H,2-3,6-7,17-18H2,1H3,(H,31,35)(H,32,33). The van der Waals surface area contributed by atoms with Crippen LogP contribution in [0.5, 0.6) is 5.75 Å². The summed E-state index contributed by atoms with van der Waals surface area (Å²) < 4.78 is 6.02. The Labute approximate surface area is 210 Å². The number of likely N-dealkylation sites (tertiary alicyclic amines) is 1. The molecular weight excluding hydrogens is 450 g/mol. The third-order valence-corrected chi connectivity index (χ3v) is 7.45. The Morgan fingerprint density at radius 1 is 1.08 bits per heavy atom. The van der Waals surface area contributed by atoms with Gasteiger partial charge in [-0.2, -0.15) is 5.10 Å². The lowest BCUT2D eigenvalue weighted by atomic mass is 9.94. The van der Waals surface area contributed by atoms with Gasteiger partial charge in [-0.1, -0.05) is 18.9 Å². The molecule has 1 unspecified atom stereocenters. The van der Waals surface area contributed by atoms with Gasteiger partial charge in [0, 0.05) is 35.8 Å². The maximum absolute atomic E-state index is 13.4. The number of H-pyrrole nitrogens is 1. The highest BCUT2D eigenvalue weighted by atomic mass is 16.5. The highest BCUT2D eigenvalue weighted by Gasteiger charge is 2.29. The van der Waals surface area contributed by atoms with Crippen LogP contribution in [0.3, 0.4) is 0 Å². The molecule has 0 bridgehead atoms. The number of carbonyl (C=O) groups is 1. The first-order chi connectivity index (χ1) is 17.6. The average Bonchev–Trinajstić information content (AvgIpc) is 3.57. The van der Waals surface area contributed by atoms with Crippen LogP contribution in [0, 0.1) is 5.92 Å². The van der Waals surface area contributed by atoms with Crippen molar-refractivity contribution in [2.45, 2.75) is 37.8 Å². The molecule has 2 N–H and O–H groups in total. The molecule has 0 spiro atoms. The van der Waals surface area contributed by atoms with Gasteiger partial charge in [-0.25, -0.2) is 0 Å². The fraction of sp³-hybridized carbons (Fsp3) is 0.345. The molecule has 2 aromatic heterocycles. The van der Waals surface area contributed by atoms with Gasteiger partial charge in [0.05, 0.1) is 22.9 Å². The number of carbonyl (C=O) groups excluding carboxylic acids is 1. The predicted molar refractivity (Wildman–Crippen MR) is 140 cm³/mol. The molecule has 1 saturated heterocycles. The number of aromatic amines is 1. The molecule has 1 amide bonds. The predicted octanol–water partition coefficient (Wildman–Crippen LogP) is 4.98. The quantitative estimate of drug-likeness (QED) is 0.389. The number of aromatic nitrogens is 3. The van der Waals surface area contributed by atoms with Gasteiger partial charge in [-0.3, -0.25) is 19.8 Å². The second-order valence-electron chi connectivity index (χ2n) is 10.1. The second kappa shape index (κ2) is 9.74. The molecule has 3 heterocycles. The number of hydrogen-bond acceptors (Lipinski definition) is 5. The SMILES string of the molecule is CN1CC(Oc2ccc(-c3n[nH]c4ccc(C(=O)NC(c5ccccn5)C5CCCC5)cc34)cc2)C1. The number of fused-ring (bicyclic) bond motifs is 1. The minimum Gasteiger partial charge on any atom is -0.488 e. The molecule has 2 aromatic carbocycles. The third-order valence-electron chi connectivity index (χ3n) is 7.45. The lowest BCUT2D eigenvalue weighted by Crippen LogP contribution is -2.51. The van der Waals surface area contributed by atoms with Gasteiger partial charge >= 0.3 is 0 Å². The topological polar surface area (TPSA) is 83.1 Å². The van der Waals surface area contributed by atoms with Crippen molar-refractivity contribution in [2.24, 2.45) is 5.92 Å². The summed E-state index contributed by atoms with van der Waals surface area (Å²) in [6.07, 6.45) is 6.69. The van der Waals surface area contributed by atoms with Gasteiger partial charge in [0.25, 0.3) is 5.91 Å². The number of hydrogen-bond donors (Lipinski definition) is 2. The number of nitrogens with zero attached hydrogens (tertiary/aromatic N) is 3. The molecule has 0 radical (unpaired) electrons. The molecular formula is C29H31N5O2. The van der Waals surface area contributed by atoms with Gasteiger partial charge < -0.3 is 10.1 Å². The van der Waals surface area contributed by atoms with Crippen molar-refractivity contribution >= 4 is 16.8 Å². The van der Waals surface area contributed by atoms with Crippen molar-refractivity contribution in [3.8, 4) is 17.0 Å². The summed E-state index contributed by atoms with van der Waals surface area (Å²) in [4.78, 5) is 20.2. The third kappa shape index (κ3) is 4.58. The van der Waals surface area contributed by atoms with E-state index in [9.17, 15) is 4.79 Å². The van der Waals surface area contributed by atoms with Gasteiger partial charge in [0.2, 0.25) is 0 Å². The van der Waals surface area contributed by atoms with Crippen LogP contribution in [0.2, 0.25) is 0 Å². The Morgan fingerprint density at radius 2 is 1.89 bits per heavy atom. The normalized spacial score (nSPS) is 17.7. The Morgan fingerprint density at radius 3 is 2.61 bits per heavy atom. The van der Waals surface area contributed by atoms with E-state index in [-0.39, 0.29) is 18.1 Å². The Bertz CT molecular complexity index is 1340. The van der Waals surface area contributed by atoms with E-state index in [1.165, 1.54) is 12.8 Å². The molecule has 7 heteroatoms. The van der Waals surface area contributed by atoms with Crippen molar-refractivity contribution < 1.29 is 9.53 Å². The average molecular weight is 482 g/mol.